The fraction of sp³-hybridized carbons (Fsp3) is 0.429. The van der Waals surface area contributed by atoms with Crippen LogP contribution in [0.4, 0.5) is 5.69 Å². The van der Waals surface area contributed by atoms with Crippen LogP contribution in [-0.4, -0.2) is 38.0 Å². The van der Waals surface area contributed by atoms with Crippen LogP contribution in [-0.2, 0) is 14.3 Å². The number of alkyl halides is 1. The number of amides is 1. The molecule has 0 aliphatic carbocycles. The normalized spacial score (nSPS) is 13.2. The molecular weight excluding hydrogens is 282 g/mol. The Hall–Kier alpha value is -1.75. The van der Waals surface area contributed by atoms with E-state index < -0.39 is 16.8 Å². The van der Waals surface area contributed by atoms with Crippen molar-refractivity contribution in [3.05, 3.63) is 24.3 Å². The predicted molar refractivity (Wildman–Crippen MR) is 77.3 cm³/mol. The summed E-state index contributed by atoms with van der Waals surface area (Å²) >= 11 is 6.14. The Balaban J connectivity index is 3.02. The third-order valence-electron chi connectivity index (χ3n) is 3.10. The molecule has 0 aliphatic rings. The number of anilines is 1. The highest BCUT2D eigenvalue weighted by atomic mass is 35.5. The van der Waals surface area contributed by atoms with Crippen molar-refractivity contribution in [2.75, 3.05) is 26.2 Å². The second-order valence-corrected chi connectivity index (χ2v) is 4.85. The number of methoxy groups -OCH3 is 2. The second-order valence-electron chi connectivity index (χ2n) is 4.21. The lowest BCUT2D eigenvalue weighted by Gasteiger charge is -2.27. The van der Waals surface area contributed by atoms with Crippen molar-refractivity contribution >= 4 is 29.2 Å². The van der Waals surface area contributed by atoms with Crippen LogP contribution in [0.25, 0.3) is 0 Å². The number of ether oxygens (including phenoxy) is 2. The van der Waals surface area contributed by atoms with Crippen molar-refractivity contribution in [2.24, 2.45) is 0 Å². The number of hydrogen-bond donors (Lipinski definition) is 0. The predicted octanol–water partition coefficient (Wildman–Crippen LogP) is 2.22. The summed E-state index contributed by atoms with van der Waals surface area (Å²) in [4.78, 5) is 23.8. The second kappa shape index (κ2) is 6.61. The number of carbonyl (C=O) groups is 2. The Morgan fingerprint density at radius 1 is 1.25 bits per heavy atom. The summed E-state index contributed by atoms with van der Waals surface area (Å²) < 4.78 is 9.66. The minimum Gasteiger partial charge on any atom is -0.497 e. The maximum Gasteiger partial charge on any atom is 0.336 e. The highest BCUT2D eigenvalue weighted by Crippen LogP contribution is 2.27. The molecule has 1 aromatic rings. The zero-order chi connectivity index (χ0) is 15.3. The van der Waals surface area contributed by atoms with E-state index >= 15 is 0 Å². The molecule has 0 fully saturated rings. The third kappa shape index (κ3) is 3.04. The van der Waals surface area contributed by atoms with Gasteiger partial charge in [-0.2, -0.15) is 0 Å². The van der Waals surface area contributed by atoms with Gasteiger partial charge in [0, 0.05) is 12.7 Å². The minimum absolute atomic E-state index is 0.139. The highest BCUT2D eigenvalue weighted by Gasteiger charge is 2.45. The summed E-state index contributed by atoms with van der Waals surface area (Å²) in [5, 5.41) is 0. The smallest absolute Gasteiger partial charge is 0.336 e. The molecule has 0 saturated carbocycles. The number of nitrogens with zero attached hydrogens (tertiary/aromatic N) is 1. The average Bonchev–Trinajstić information content (AvgIpc) is 2.51. The molecule has 5 nitrogen and oxygen atoms in total. The fourth-order valence-electron chi connectivity index (χ4n) is 1.73. The summed E-state index contributed by atoms with van der Waals surface area (Å²) in [5.41, 5.74) is 0.609. The van der Waals surface area contributed by atoms with Gasteiger partial charge in [0.05, 0.1) is 14.2 Å². The summed E-state index contributed by atoms with van der Waals surface area (Å²) in [6.45, 7) is 1.66. The first-order chi connectivity index (χ1) is 9.40. The summed E-state index contributed by atoms with van der Waals surface area (Å²) in [5.74, 6) is -0.610. The Morgan fingerprint density at radius 3 is 2.20 bits per heavy atom. The minimum atomic E-state index is -1.70. The molecule has 0 aliphatic heterocycles. The zero-order valence-electron chi connectivity index (χ0n) is 12.0. The van der Waals surface area contributed by atoms with Crippen molar-refractivity contribution in [1.82, 2.24) is 0 Å². The first-order valence-electron chi connectivity index (χ1n) is 6.10. The molecule has 110 valence electrons. The van der Waals surface area contributed by atoms with E-state index in [1.807, 2.05) is 0 Å². The zero-order valence-corrected chi connectivity index (χ0v) is 12.7. The molecule has 1 atom stereocenters. The number of benzene rings is 1. The van der Waals surface area contributed by atoms with Crippen molar-refractivity contribution < 1.29 is 19.1 Å². The van der Waals surface area contributed by atoms with Crippen LogP contribution in [0.3, 0.4) is 0 Å². The molecule has 0 saturated heterocycles. The number of halogens is 1. The summed E-state index contributed by atoms with van der Waals surface area (Å²) in [6, 6.07) is 6.86. The average molecular weight is 300 g/mol. The molecule has 0 aromatic heterocycles. The van der Waals surface area contributed by atoms with Gasteiger partial charge in [-0.15, -0.1) is 0 Å². The van der Waals surface area contributed by atoms with Gasteiger partial charge in [-0.3, -0.25) is 4.79 Å². The van der Waals surface area contributed by atoms with Gasteiger partial charge in [0.25, 0.3) is 5.91 Å². The van der Waals surface area contributed by atoms with E-state index in [4.69, 9.17) is 16.3 Å². The van der Waals surface area contributed by atoms with E-state index in [0.29, 0.717) is 11.4 Å². The van der Waals surface area contributed by atoms with E-state index in [0.717, 1.165) is 0 Å². The quantitative estimate of drug-likeness (QED) is 0.475. The lowest BCUT2D eigenvalue weighted by Crippen LogP contribution is -2.49. The van der Waals surface area contributed by atoms with Gasteiger partial charge in [0.1, 0.15) is 5.75 Å². The van der Waals surface area contributed by atoms with E-state index in [1.165, 1.54) is 12.0 Å². The van der Waals surface area contributed by atoms with Crippen LogP contribution in [0.1, 0.15) is 13.3 Å². The Bertz CT molecular complexity index is 488. The molecule has 1 amide bonds. The molecule has 20 heavy (non-hydrogen) atoms. The van der Waals surface area contributed by atoms with Crippen LogP contribution in [0.2, 0.25) is 0 Å². The Kier molecular flexibility index (Phi) is 5.39. The van der Waals surface area contributed by atoms with Gasteiger partial charge in [-0.25, -0.2) is 4.79 Å². The van der Waals surface area contributed by atoms with E-state index in [9.17, 15) is 9.59 Å². The van der Waals surface area contributed by atoms with Crippen molar-refractivity contribution in [3.8, 4) is 5.75 Å². The first-order valence-corrected chi connectivity index (χ1v) is 6.48. The first kappa shape index (κ1) is 16.3. The third-order valence-corrected chi connectivity index (χ3v) is 3.68. The highest BCUT2D eigenvalue weighted by molar-refractivity contribution is 6.47. The topological polar surface area (TPSA) is 55.8 Å². The molecule has 0 radical (unpaired) electrons. The summed E-state index contributed by atoms with van der Waals surface area (Å²) in [7, 11) is 4.32. The van der Waals surface area contributed by atoms with Gasteiger partial charge in [0.15, 0.2) is 0 Å². The van der Waals surface area contributed by atoms with Crippen LogP contribution < -0.4 is 9.64 Å². The van der Waals surface area contributed by atoms with Crippen LogP contribution in [0.5, 0.6) is 5.75 Å². The van der Waals surface area contributed by atoms with Gasteiger partial charge >= 0.3 is 5.97 Å². The SMILES string of the molecule is CCC(Cl)(C(=O)OC)C(=O)N(C)c1ccc(OC)cc1. The van der Waals surface area contributed by atoms with Gasteiger partial charge in [0.2, 0.25) is 4.87 Å². The molecule has 6 heteroatoms. The van der Waals surface area contributed by atoms with E-state index in [-0.39, 0.29) is 6.42 Å². The molecule has 0 bridgehead atoms. The number of carbonyl (C=O) groups excluding carboxylic acids is 2. The Morgan fingerprint density at radius 2 is 1.80 bits per heavy atom. The van der Waals surface area contributed by atoms with Crippen molar-refractivity contribution in [3.63, 3.8) is 0 Å². The van der Waals surface area contributed by atoms with E-state index in [1.54, 1.807) is 45.3 Å². The number of esters is 1. The van der Waals surface area contributed by atoms with Crippen LogP contribution in [0, 0.1) is 0 Å². The lowest BCUT2D eigenvalue weighted by atomic mass is 10.0. The van der Waals surface area contributed by atoms with Crippen molar-refractivity contribution in [2.45, 2.75) is 18.2 Å². The molecule has 1 aromatic carbocycles. The maximum atomic E-state index is 12.4. The molecule has 0 N–H and O–H groups in total. The monoisotopic (exact) mass is 299 g/mol. The van der Waals surface area contributed by atoms with E-state index in [2.05, 4.69) is 4.74 Å². The maximum absolute atomic E-state index is 12.4. The standard InChI is InChI=1S/C14H18ClNO4/c1-5-14(15,13(18)20-4)12(17)16(2)10-6-8-11(19-3)9-7-10/h6-9H,5H2,1-4H3. The van der Waals surface area contributed by atoms with Crippen LogP contribution in [0.15, 0.2) is 24.3 Å². The lowest BCUT2D eigenvalue weighted by molar-refractivity contribution is -0.147. The molecule has 1 unspecified atom stereocenters. The van der Waals surface area contributed by atoms with Gasteiger partial charge < -0.3 is 14.4 Å². The van der Waals surface area contributed by atoms with Gasteiger partial charge in [-0.05, 0) is 30.7 Å². The van der Waals surface area contributed by atoms with Crippen LogP contribution >= 0.6 is 11.6 Å². The molecule has 1 rings (SSSR count). The fourth-order valence-corrected chi connectivity index (χ4v) is 1.94. The number of hydrogen-bond acceptors (Lipinski definition) is 4. The summed E-state index contributed by atoms with van der Waals surface area (Å²) in [6.07, 6.45) is 0.139. The molecule has 0 spiro atoms. The van der Waals surface area contributed by atoms with Gasteiger partial charge in [-0.1, -0.05) is 18.5 Å². The Labute approximate surface area is 123 Å². The molecule has 0 heterocycles. The molecular formula is C14H18ClNO4. The number of rotatable bonds is 5. The largest absolute Gasteiger partial charge is 0.497 e. The van der Waals surface area contributed by atoms with Crippen molar-refractivity contribution in [1.29, 1.82) is 0 Å².